The van der Waals surface area contributed by atoms with Crippen LogP contribution in [0.1, 0.15) is 38.5 Å². The van der Waals surface area contributed by atoms with Crippen molar-refractivity contribution in [1.29, 1.82) is 0 Å². The Kier molecular flexibility index (Phi) is 6.26. The second-order valence-electron chi connectivity index (χ2n) is 6.28. The summed E-state index contributed by atoms with van der Waals surface area (Å²) in [4.78, 5) is 31.0. The Balaban J connectivity index is 1.85. The molecule has 2 aliphatic heterocycles. The van der Waals surface area contributed by atoms with Crippen molar-refractivity contribution >= 4 is 11.8 Å². The molecule has 5 heteroatoms. The number of likely N-dealkylation sites (N-methyl/N-ethyl adjacent to an activating group) is 1. The lowest BCUT2D eigenvalue weighted by molar-refractivity contribution is -0.144. The molecular weight excluding hydrogens is 278 g/mol. The molecule has 2 rings (SSSR count). The largest absolute Gasteiger partial charge is 0.338 e. The van der Waals surface area contributed by atoms with Gasteiger partial charge >= 0.3 is 0 Å². The molecule has 0 aliphatic carbocycles. The van der Waals surface area contributed by atoms with Crippen LogP contribution in [0, 0.1) is 12.3 Å². The predicted molar refractivity (Wildman–Crippen MR) is 86.1 cm³/mol. The molecule has 0 saturated carbocycles. The molecule has 2 heterocycles. The topological polar surface area (TPSA) is 43.9 Å². The van der Waals surface area contributed by atoms with E-state index in [2.05, 4.69) is 17.9 Å². The van der Waals surface area contributed by atoms with Gasteiger partial charge in [-0.05, 0) is 32.7 Å². The zero-order valence-corrected chi connectivity index (χ0v) is 13.6. The Morgan fingerprint density at radius 1 is 1.14 bits per heavy atom. The highest BCUT2D eigenvalue weighted by Crippen LogP contribution is 2.21. The van der Waals surface area contributed by atoms with Crippen LogP contribution in [0.5, 0.6) is 0 Å². The van der Waals surface area contributed by atoms with Crippen LogP contribution in [0.3, 0.4) is 0 Å². The molecule has 0 bridgehead atoms. The van der Waals surface area contributed by atoms with Crippen molar-refractivity contribution in [3.63, 3.8) is 0 Å². The van der Waals surface area contributed by atoms with Crippen LogP contribution in [-0.2, 0) is 9.59 Å². The third kappa shape index (κ3) is 4.23. The van der Waals surface area contributed by atoms with E-state index < -0.39 is 0 Å². The predicted octanol–water partition coefficient (Wildman–Crippen LogP) is 0.945. The molecule has 122 valence electrons. The lowest BCUT2D eigenvalue weighted by atomic mass is 10.1. The second-order valence-corrected chi connectivity index (χ2v) is 6.28. The number of amides is 2. The van der Waals surface area contributed by atoms with E-state index in [-0.39, 0.29) is 17.9 Å². The van der Waals surface area contributed by atoms with Crippen LogP contribution in [0.15, 0.2) is 0 Å². The number of nitrogens with zero attached hydrogens (tertiary/aromatic N) is 3. The molecule has 2 aliphatic rings. The highest BCUT2D eigenvalue weighted by Gasteiger charge is 2.36. The summed E-state index contributed by atoms with van der Waals surface area (Å²) < 4.78 is 0. The van der Waals surface area contributed by atoms with Crippen molar-refractivity contribution in [3.8, 4) is 12.3 Å². The number of unbranched alkanes of at least 4 members (excludes halogenated alkanes) is 2. The molecule has 2 amide bonds. The molecule has 2 fully saturated rings. The van der Waals surface area contributed by atoms with E-state index in [1.807, 2.05) is 4.90 Å². The number of piperazine rings is 1. The lowest BCUT2D eigenvalue weighted by Gasteiger charge is -2.35. The van der Waals surface area contributed by atoms with Crippen molar-refractivity contribution in [2.45, 2.75) is 44.6 Å². The Morgan fingerprint density at radius 2 is 1.86 bits per heavy atom. The lowest BCUT2D eigenvalue weighted by Crippen LogP contribution is -2.53. The Hall–Kier alpha value is -1.54. The van der Waals surface area contributed by atoms with Gasteiger partial charge in [-0.15, -0.1) is 12.3 Å². The average molecular weight is 305 g/mol. The quantitative estimate of drug-likeness (QED) is 0.561. The third-order valence-electron chi connectivity index (χ3n) is 4.63. The molecule has 0 N–H and O–H groups in total. The van der Waals surface area contributed by atoms with Crippen molar-refractivity contribution in [2.24, 2.45) is 0 Å². The molecule has 22 heavy (non-hydrogen) atoms. The Bertz CT molecular complexity index is 436. The van der Waals surface area contributed by atoms with Gasteiger partial charge in [-0.1, -0.05) is 0 Å². The van der Waals surface area contributed by atoms with Gasteiger partial charge in [0.1, 0.15) is 6.04 Å². The molecule has 0 radical (unpaired) electrons. The number of carbonyl (C=O) groups excluding carboxylic acids is 2. The minimum atomic E-state index is -0.233. The maximum Gasteiger partial charge on any atom is 0.245 e. The number of hydrogen-bond acceptors (Lipinski definition) is 3. The summed E-state index contributed by atoms with van der Waals surface area (Å²) in [5, 5.41) is 0. The van der Waals surface area contributed by atoms with E-state index in [0.29, 0.717) is 6.42 Å². The SMILES string of the molecule is C#CCCCCC(=O)N1CCC[C@H]1C(=O)N1CCN(C)CC1. The van der Waals surface area contributed by atoms with Crippen LogP contribution in [-0.4, -0.2) is 72.3 Å². The fourth-order valence-corrected chi connectivity index (χ4v) is 3.21. The average Bonchev–Trinajstić information content (AvgIpc) is 3.01. The third-order valence-corrected chi connectivity index (χ3v) is 4.63. The molecule has 1 atom stereocenters. The highest BCUT2D eigenvalue weighted by atomic mass is 16.2. The van der Waals surface area contributed by atoms with Crippen LogP contribution < -0.4 is 0 Å². The summed E-state index contributed by atoms with van der Waals surface area (Å²) in [5.74, 6) is 2.85. The molecule has 0 aromatic heterocycles. The number of likely N-dealkylation sites (tertiary alicyclic amines) is 1. The first-order valence-electron chi connectivity index (χ1n) is 8.33. The molecule has 2 saturated heterocycles. The summed E-state index contributed by atoms with van der Waals surface area (Å²) in [6, 6.07) is -0.233. The van der Waals surface area contributed by atoms with Gasteiger partial charge in [0, 0.05) is 45.6 Å². The summed E-state index contributed by atoms with van der Waals surface area (Å²) in [7, 11) is 2.07. The van der Waals surface area contributed by atoms with E-state index in [1.165, 1.54) is 0 Å². The van der Waals surface area contributed by atoms with Gasteiger partial charge in [-0.25, -0.2) is 0 Å². The number of carbonyl (C=O) groups is 2. The van der Waals surface area contributed by atoms with Crippen LogP contribution in [0.2, 0.25) is 0 Å². The summed E-state index contributed by atoms with van der Waals surface area (Å²) in [6.45, 7) is 4.10. The summed E-state index contributed by atoms with van der Waals surface area (Å²) >= 11 is 0. The van der Waals surface area contributed by atoms with Gasteiger partial charge in [-0.2, -0.15) is 0 Å². The molecule has 0 aromatic carbocycles. The minimum Gasteiger partial charge on any atom is -0.338 e. The zero-order valence-electron chi connectivity index (χ0n) is 13.6. The monoisotopic (exact) mass is 305 g/mol. The number of hydrogen-bond donors (Lipinski definition) is 0. The second kappa shape index (κ2) is 8.19. The minimum absolute atomic E-state index is 0.113. The van der Waals surface area contributed by atoms with Gasteiger partial charge in [0.2, 0.25) is 11.8 Å². The Labute approximate surface area is 133 Å². The van der Waals surface area contributed by atoms with E-state index in [1.54, 1.807) is 4.90 Å². The maximum atomic E-state index is 12.7. The fourth-order valence-electron chi connectivity index (χ4n) is 3.21. The van der Waals surface area contributed by atoms with Crippen molar-refractivity contribution in [2.75, 3.05) is 39.8 Å². The van der Waals surface area contributed by atoms with Crippen molar-refractivity contribution in [1.82, 2.24) is 14.7 Å². The van der Waals surface area contributed by atoms with Crippen molar-refractivity contribution in [3.05, 3.63) is 0 Å². The van der Waals surface area contributed by atoms with E-state index in [9.17, 15) is 9.59 Å². The Morgan fingerprint density at radius 3 is 2.55 bits per heavy atom. The van der Waals surface area contributed by atoms with E-state index in [4.69, 9.17) is 6.42 Å². The first-order valence-corrected chi connectivity index (χ1v) is 8.33. The maximum absolute atomic E-state index is 12.7. The van der Waals surface area contributed by atoms with Gasteiger partial charge < -0.3 is 14.7 Å². The first kappa shape index (κ1) is 16.8. The van der Waals surface area contributed by atoms with E-state index >= 15 is 0 Å². The van der Waals surface area contributed by atoms with Crippen molar-refractivity contribution < 1.29 is 9.59 Å². The van der Waals surface area contributed by atoms with Gasteiger partial charge in [0.05, 0.1) is 0 Å². The first-order chi connectivity index (χ1) is 10.6. The highest BCUT2D eigenvalue weighted by molar-refractivity contribution is 5.88. The zero-order chi connectivity index (χ0) is 15.9. The number of rotatable bonds is 5. The van der Waals surface area contributed by atoms with Crippen LogP contribution in [0.4, 0.5) is 0 Å². The standard InChI is InChI=1S/C17H27N3O2/c1-3-4-5-6-9-16(21)20-10-7-8-15(20)17(22)19-13-11-18(2)12-14-19/h1,15H,4-14H2,2H3/t15-/m0/s1. The van der Waals surface area contributed by atoms with Gasteiger partial charge in [0.25, 0.3) is 0 Å². The normalized spacial score (nSPS) is 22.6. The smallest absolute Gasteiger partial charge is 0.245 e. The summed E-state index contributed by atoms with van der Waals surface area (Å²) in [6.07, 6.45) is 9.88. The molecule has 5 nitrogen and oxygen atoms in total. The van der Waals surface area contributed by atoms with E-state index in [0.717, 1.165) is 64.8 Å². The van der Waals surface area contributed by atoms with Gasteiger partial charge in [0.15, 0.2) is 0 Å². The molecule has 0 aromatic rings. The fraction of sp³-hybridized carbons (Fsp3) is 0.765. The number of terminal acetylenes is 1. The van der Waals surface area contributed by atoms with Gasteiger partial charge in [-0.3, -0.25) is 9.59 Å². The molecule has 0 spiro atoms. The van der Waals surface area contributed by atoms with Crippen LogP contribution >= 0.6 is 0 Å². The molecule has 0 unspecified atom stereocenters. The summed E-state index contributed by atoms with van der Waals surface area (Å²) in [5.41, 5.74) is 0. The van der Waals surface area contributed by atoms with Crippen LogP contribution in [0.25, 0.3) is 0 Å². The molecular formula is C17H27N3O2.